The number of hydrogen-bond donors (Lipinski definition) is 0. The van der Waals surface area contributed by atoms with E-state index in [1.54, 1.807) is 0 Å². The maximum Gasteiger partial charge on any atom is 0.161 e. The fourth-order valence-electron chi connectivity index (χ4n) is 1.52. The van der Waals surface area contributed by atoms with Crippen LogP contribution in [0.1, 0.15) is 0 Å². The molecule has 2 rings (SSSR count). The summed E-state index contributed by atoms with van der Waals surface area (Å²) < 4.78 is 1.87. The summed E-state index contributed by atoms with van der Waals surface area (Å²) in [5.74, 6) is 0. The first-order valence-electron chi connectivity index (χ1n) is 5.91. The van der Waals surface area contributed by atoms with Gasteiger partial charge in [-0.15, -0.1) is 15.3 Å². The fourth-order valence-corrected chi connectivity index (χ4v) is 1.52. The van der Waals surface area contributed by atoms with E-state index < -0.39 is 0 Å². The minimum atomic E-state index is -0.0794. The highest BCUT2D eigenvalue weighted by atomic mass is 15.3. The van der Waals surface area contributed by atoms with Gasteiger partial charge in [-0.25, -0.2) is 0 Å². The second-order valence-corrected chi connectivity index (χ2v) is 4.04. The van der Waals surface area contributed by atoms with Crippen molar-refractivity contribution in [2.45, 2.75) is 6.17 Å². The molecule has 6 heteroatoms. The lowest BCUT2D eigenvalue weighted by Gasteiger charge is -2.20. The number of azo groups is 1. The van der Waals surface area contributed by atoms with Crippen molar-refractivity contribution in [2.75, 3.05) is 7.05 Å². The van der Waals surface area contributed by atoms with Crippen molar-refractivity contribution in [3.63, 3.8) is 0 Å². The monoisotopic (exact) mass is 256 g/mol. The van der Waals surface area contributed by atoms with Gasteiger partial charge in [0.15, 0.2) is 18.0 Å². The number of hydrogen-bond acceptors (Lipinski definition) is 4. The number of aryl methyl sites for hydroxylation is 1. The predicted molar refractivity (Wildman–Crippen MR) is 74.2 cm³/mol. The molecule has 0 aliphatic carbocycles. The summed E-state index contributed by atoms with van der Waals surface area (Å²) in [4.78, 5) is 1.95. The van der Waals surface area contributed by atoms with Gasteiger partial charge in [0.25, 0.3) is 0 Å². The molecule has 1 aliphatic rings. The third-order valence-electron chi connectivity index (χ3n) is 2.61. The summed E-state index contributed by atoms with van der Waals surface area (Å²) in [6.45, 7) is 0. The van der Waals surface area contributed by atoms with Crippen LogP contribution in [-0.4, -0.2) is 29.0 Å². The van der Waals surface area contributed by atoms with Crippen LogP contribution >= 0.6 is 0 Å². The maximum absolute atomic E-state index is 4.11. The lowest BCUT2D eigenvalue weighted by atomic mass is 10.3. The minimum absolute atomic E-state index is 0.0794. The molecule has 0 amide bonds. The molecule has 0 bridgehead atoms. The van der Waals surface area contributed by atoms with Gasteiger partial charge in [-0.2, -0.15) is 5.11 Å². The standard InChI is InChI=1S/C13H16N6/c1-18-9-5-3-7-12(18)16-14-11-15-17-13-8-4-6-10-19(13)2/h3-12H,1-2H3/b15-11+,16-14+,17-13+. The van der Waals surface area contributed by atoms with Crippen LogP contribution < -0.4 is 5.49 Å². The summed E-state index contributed by atoms with van der Waals surface area (Å²) >= 11 is 0. The van der Waals surface area contributed by atoms with E-state index in [0.29, 0.717) is 0 Å². The molecule has 1 atom stereocenters. The van der Waals surface area contributed by atoms with E-state index in [4.69, 9.17) is 0 Å². The van der Waals surface area contributed by atoms with Crippen LogP contribution in [0.5, 0.6) is 0 Å². The molecule has 1 aromatic rings. The van der Waals surface area contributed by atoms with Crippen LogP contribution in [0.3, 0.4) is 0 Å². The van der Waals surface area contributed by atoms with Gasteiger partial charge in [0, 0.05) is 26.5 Å². The largest absolute Gasteiger partial charge is 0.354 e. The second-order valence-electron chi connectivity index (χ2n) is 4.04. The highest BCUT2D eigenvalue weighted by molar-refractivity contribution is 5.53. The molecule has 0 radical (unpaired) electrons. The van der Waals surface area contributed by atoms with Gasteiger partial charge in [0.1, 0.15) is 0 Å². The SMILES string of the molecule is CN1C=CC=CC1/N=N/C=N/N=c1\ccccn1C. The first-order chi connectivity index (χ1) is 9.27. The Bertz CT molecular complexity index is 593. The zero-order chi connectivity index (χ0) is 13.5. The van der Waals surface area contributed by atoms with Crippen molar-refractivity contribution < 1.29 is 0 Å². The Morgan fingerprint density at radius 2 is 2.11 bits per heavy atom. The summed E-state index contributed by atoms with van der Waals surface area (Å²) in [6.07, 6.45) is 10.9. The van der Waals surface area contributed by atoms with Crippen LogP contribution in [0.4, 0.5) is 0 Å². The normalized spacial score (nSPS) is 20.0. The Balaban J connectivity index is 1.98. The number of rotatable bonds is 3. The quantitative estimate of drug-likeness (QED) is 0.351. The Kier molecular flexibility index (Phi) is 4.39. The van der Waals surface area contributed by atoms with Gasteiger partial charge < -0.3 is 9.47 Å². The van der Waals surface area contributed by atoms with Gasteiger partial charge in [-0.05, 0) is 24.3 Å². The van der Waals surface area contributed by atoms with Gasteiger partial charge in [-0.1, -0.05) is 12.1 Å². The molecular formula is C13H16N6. The summed E-state index contributed by atoms with van der Waals surface area (Å²) in [5.41, 5.74) is 0.756. The fraction of sp³-hybridized carbons (Fsp3) is 0.231. The molecule has 0 aromatic carbocycles. The zero-order valence-corrected chi connectivity index (χ0v) is 11.0. The molecule has 0 saturated carbocycles. The van der Waals surface area contributed by atoms with Crippen molar-refractivity contribution in [2.24, 2.45) is 27.5 Å². The van der Waals surface area contributed by atoms with Gasteiger partial charge >= 0.3 is 0 Å². The number of pyridine rings is 1. The smallest absolute Gasteiger partial charge is 0.161 e. The summed E-state index contributed by atoms with van der Waals surface area (Å²) in [6, 6.07) is 5.71. The van der Waals surface area contributed by atoms with Crippen LogP contribution in [0, 0.1) is 0 Å². The third kappa shape index (κ3) is 3.74. The van der Waals surface area contributed by atoms with Crippen molar-refractivity contribution >= 4 is 6.34 Å². The van der Waals surface area contributed by atoms with E-state index in [1.807, 2.05) is 72.4 Å². The Hall–Kier alpha value is -2.50. The average molecular weight is 256 g/mol. The van der Waals surface area contributed by atoms with Crippen molar-refractivity contribution in [1.29, 1.82) is 0 Å². The van der Waals surface area contributed by atoms with Gasteiger partial charge in [0.05, 0.1) is 0 Å². The number of nitrogens with zero attached hydrogens (tertiary/aromatic N) is 6. The van der Waals surface area contributed by atoms with Crippen molar-refractivity contribution in [1.82, 2.24) is 9.47 Å². The first-order valence-corrected chi connectivity index (χ1v) is 5.91. The molecule has 6 nitrogen and oxygen atoms in total. The van der Waals surface area contributed by atoms with Crippen LogP contribution in [0.2, 0.25) is 0 Å². The van der Waals surface area contributed by atoms with Crippen molar-refractivity contribution in [3.05, 3.63) is 54.3 Å². The molecule has 0 spiro atoms. The maximum atomic E-state index is 4.11. The Morgan fingerprint density at radius 3 is 2.89 bits per heavy atom. The molecular weight excluding hydrogens is 240 g/mol. The van der Waals surface area contributed by atoms with E-state index in [2.05, 4.69) is 20.4 Å². The Morgan fingerprint density at radius 1 is 1.21 bits per heavy atom. The van der Waals surface area contributed by atoms with Crippen molar-refractivity contribution in [3.8, 4) is 0 Å². The molecule has 2 heterocycles. The van der Waals surface area contributed by atoms with Crippen LogP contribution in [-0.2, 0) is 7.05 Å². The highest BCUT2D eigenvalue weighted by Crippen LogP contribution is 2.06. The molecule has 98 valence electrons. The van der Waals surface area contributed by atoms with E-state index in [-0.39, 0.29) is 6.17 Å². The molecule has 19 heavy (non-hydrogen) atoms. The van der Waals surface area contributed by atoms with E-state index in [9.17, 15) is 0 Å². The minimum Gasteiger partial charge on any atom is -0.354 e. The van der Waals surface area contributed by atoms with Gasteiger partial charge in [0.2, 0.25) is 0 Å². The number of allylic oxidation sites excluding steroid dienone is 2. The molecule has 0 saturated heterocycles. The van der Waals surface area contributed by atoms with Crippen LogP contribution in [0.25, 0.3) is 0 Å². The molecule has 0 N–H and O–H groups in total. The van der Waals surface area contributed by atoms with E-state index >= 15 is 0 Å². The highest BCUT2D eigenvalue weighted by Gasteiger charge is 2.06. The number of aromatic nitrogens is 1. The van der Waals surface area contributed by atoms with Gasteiger partial charge in [-0.3, -0.25) is 0 Å². The summed E-state index contributed by atoms with van der Waals surface area (Å²) in [7, 11) is 3.85. The number of likely N-dealkylation sites (N-methyl/N-ethyl adjacent to an activating group) is 1. The van der Waals surface area contributed by atoms with Crippen LogP contribution in [0.15, 0.2) is 69.3 Å². The molecule has 1 aliphatic heterocycles. The topological polar surface area (TPSA) is 57.6 Å². The third-order valence-corrected chi connectivity index (χ3v) is 2.61. The van der Waals surface area contributed by atoms with E-state index in [0.717, 1.165) is 5.49 Å². The molecule has 1 unspecified atom stereocenters. The zero-order valence-electron chi connectivity index (χ0n) is 11.0. The second kappa shape index (κ2) is 6.44. The summed E-state index contributed by atoms with van der Waals surface area (Å²) in [5, 5.41) is 15.9. The first kappa shape index (κ1) is 12.9. The Labute approximate surface area is 111 Å². The average Bonchev–Trinajstić information content (AvgIpc) is 2.42. The lowest BCUT2D eigenvalue weighted by molar-refractivity contribution is 0.381. The van der Waals surface area contributed by atoms with E-state index in [1.165, 1.54) is 6.34 Å². The lowest BCUT2D eigenvalue weighted by Crippen LogP contribution is -2.23. The molecule has 0 fully saturated rings. The predicted octanol–water partition coefficient (Wildman–Crippen LogP) is 1.66. The molecule has 1 aromatic heterocycles.